The highest BCUT2D eigenvalue weighted by molar-refractivity contribution is 7.99. The number of hydrogen-bond donors (Lipinski definition) is 3. The summed E-state index contributed by atoms with van der Waals surface area (Å²) in [6.45, 7) is 0.437. The van der Waals surface area contributed by atoms with E-state index in [4.69, 9.17) is 10.3 Å². The first-order valence-electron chi connectivity index (χ1n) is 4.17. The van der Waals surface area contributed by atoms with E-state index in [2.05, 4.69) is 4.98 Å². The third kappa shape index (κ3) is 1.99. The molecule has 10 heteroatoms. The van der Waals surface area contributed by atoms with Crippen molar-refractivity contribution in [1.29, 1.82) is 0 Å². The maximum atomic E-state index is 11.8. The lowest BCUT2D eigenvalue weighted by atomic mass is 10.5. The molecule has 1 aliphatic rings. The van der Waals surface area contributed by atoms with Crippen LogP contribution in [0.3, 0.4) is 0 Å². The number of anilines is 2. The van der Waals surface area contributed by atoms with Gasteiger partial charge >= 0.3 is 10.3 Å². The van der Waals surface area contributed by atoms with Gasteiger partial charge in [-0.25, -0.2) is 4.98 Å². The van der Waals surface area contributed by atoms with Gasteiger partial charge in [-0.2, -0.15) is 8.42 Å². The van der Waals surface area contributed by atoms with Crippen molar-refractivity contribution in [2.24, 2.45) is 0 Å². The van der Waals surface area contributed by atoms with Gasteiger partial charge in [0.15, 0.2) is 16.7 Å². The van der Waals surface area contributed by atoms with Crippen molar-refractivity contribution in [3.05, 3.63) is 10.4 Å². The minimum Gasteiger partial charge on any atom is -0.382 e. The molecule has 0 fully saturated rings. The summed E-state index contributed by atoms with van der Waals surface area (Å²) in [5, 5.41) is 0.448. The molecule has 0 aliphatic carbocycles. The predicted molar refractivity (Wildman–Crippen MR) is 58.8 cm³/mol. The zero-order valence-corrected chi connectivity index (χ0v) is 9.51. The number of nitrogen functional groups attached to an aromatic ring is 1. The van der Waals surface area contributed by atoms with Gasteiger partial charge in [0.05, 0.1) is 0 Å². The maximum absolute atomic E-state index is 11.8. The van der Waals surface area contributed by atoms with Crippen molar-refractivity contribution in [3.63, 3.8) is 0 Å². The van der Waals surface area contributed by atoms with E-state index in [-0.39, 0.29) is 5.82 Å². The van der Waals surface area contributed by atoms with Crippen molar-refractivity contribution in [2.75, 3.05) is 16.2 Å². The fraction of sp³-hybridized carbons (Fsp3) is 0.333. The fourth-order valence-electron chi connectivity index (χ4n) is 1.31. The molecular formula is C6H8N4O4S2. The zero-order chi connectivity index (χ0) is 11.9. The minimum absolute atomic E-state index is 0.247. The third-order valence-corrected chi connectivity index (χ3v) is 3.36. The van der Waals surface area contributed by atoms with Crippen molar-refractivity contribution in [3.8, 4) is 0 Å². The van der Waals surface area contributed by atoms with E-state index in [9.17, 15) is 13.2 Å². The van der Waals surface area contributed by atoms with Crippen LogP contribution in [0.4, 0.5) is 11.5 Å². The van der Waals surface area contributed by atoms with Gasteiger partial charge in [0.2, 0.25) is 0 Å². The molecule has 1 aliphatic heterocycles. The Morgan fingerprint density at radius 3 is 2.88 bits per heavy atom. The summed E-state index contributed by atoms with van der Waals surface area (Å²) in [5.74, 6) is 0.431. The maximum Gasteiger partial charge on any atom is 0.357 e. The summed E-state index contributed by atoms with van der Waals surface area (Å²) in [7, 11) is -4.53. The van der Waals surface area contributed by atoms with Gasteiger partial charge in [0, 0.05) is 12.3 Å². The smallest absolute Gasteiger partial charge is 0.357 e. The van der Waals surface area contributed by atoms with Crippen LogP contribution < -0.4 is 16.0 Å². The van der Waals surface area contributed by atoms with Crippen molar-refractivity contribution >= 4 is 33.6 Å². The van der Waals surface area contributed by atoms with Gasteiger partial charge in [0.25, 0.3) is 5.56 Å². The Kier molecular flexibility index (Phi) is 2.56. The zero-order valence-electron chi connectivity index (χ0n) is 7.87. The van der Waals surface area contributed by atoms with E-state index >= 15 is 0 Å². The Morgan fingerprint density at radius 2 is 2.25 bits per heavy atom. The number of hydrogen-bond acceptors (Lipinski definition) is 6. The summed E-state index contributed by atoms with van der Waals surface area (Å²) in [6, 6.07) is 0. The molecule has 0 bridgehead atoms. The van der Waals surface area contributed by atoms with Crippen LogP contribution in [0.25, 0.3) is 0 Å². The first kappa shape index (κ1) is 11.2. The molecule has 0 atom stereocenters. The van der Waals surface area contributed by atoms with E-state index in [0.717, 1.165) is 0 Å². The van der Waals surface area contributed by atoms with Gasteiger partial charge < -0.3 is 5.73 Å². The van der Waals surface area contributed by atoms with E-state index in [1.807, 2.05) is 0 Å². The van der Waals surface area contributed by atoms with Crippen LogP contribution in [0.2, 0.25) is 0 Å². The molecule has 4 N–H and O–H groups in total. The van der Waals surface area contributed by atoms with Crippen LogP contribution >= 0.6 is 11.8 Å². The number of fused-ring (bicyclic) bond motifs is 1. The molecule has 1 aromatic rings. The average Bonchev–Trinajstić information content (AvgIpc) is 2.58. The fourth-order valence-corrected chi connectivity index (χ4v) is 2.71. The normalized spacial score (nSPS) is 14.8. The van der Waals surface area contributed by atoms with Crippen molar-refractivity contribution in [2.45, 2.75) is 11.7 Å². The summed E-state index contributed by atoms with van der Waals surface area (Å²) >= 11 is 1.36. The molecule has 0 unspecified atom stereocenters. The first-order chi connectivity index (χ1) is 7.38. The molecule has 0 radical (unpaired) electrons. The molecular weight excluding hydrogens is 256 g/mol. The Labute approximate surface area is 94.7 Å². The van der Waals surface area contributed by atoms with E-state index in [0.29, 0.717) is 17.5 Å². The second-order valence-corrected chi connectivity index (χ2v) is 5.25. The van der Waals surface area contributed by atoms with Crippen LogP contribution in [-0.4, -0.2) is 28.3 Å². The lowest BCUT2D eigenvalue weighted by molar-refractivity contribution is 0.489. The average molecular weight is 264 g/mol. The van der Waals surface area contributed by atoms with E-state index in [1.54, 1.807) is 4.72 Å². The Bertz CT molecular complexity index is 593. The van der Waals surface area contributed by atoms with Gasteiger partial charge in [-0.3, -0.25) is 18.6 Å². The molecule has 0 amide bonds. The molecule has 0 saturated heterocycles. The van der Waals surface area contributed by atoms with Crippen LogP contribution in [0.1, 0.15) is 0 Å². The number of rotatable bonds is 2. The highest BCUT2D eigenvalue weighted by Crippen LogP contribution is 2.24. The molecule has 0 saturated carbocycles. The molecule has 16 heavy (non-hydrogen) atoms. The Morgan fingerprint density at radius 1 is 1.56 bits per heavy atom. The molecule has 8 nitrogen and oxygen atoms in total. The van der Waals surface area contributed by atoms with Crippen molar-refractivity contribution in [1.82, 2.24) is 9.55 Å². The summed E-state index contributed by atoms with van der Waals surface area (Å²) in [4.78, 5) is 15.6. The second kappa shape index (κ2) is 3.64. The summed E-state index contributed by atoms with van der Waals surface area (Å²) in [5.41, 5.74) is 4.40. The quantitative estimate of drug-likeness (QED) is 0.468. The Balaban J connectivity index is 2.59. The molecule has 0 spiro atoms. The highest BCUT2D eigenvalue weighted by Gasteiger charge is 2.21. The lowest BCUT2D eigenvalue weighted by Crippen LogP contribution is -2.27. The van der Waals surface area contributed by atoms with Gasteiger partial charge in [-0.05, 0) is 0 Å². The largest absolute Gasteiger partial charge is 0.382 e. The number of nitrogens with one attached hydrogen (secondary N) is 1. The van der Waals surface area contributed by atoms with E-state index in [1.165, 1.54) is 16.3 Å². The monoisotopic (exact) mass is 264 g/mol. The minimum atomic E-state index is -4.53. The lowest BCUT2D eigenvalue weighted by Gasteiger charge is -2.08. The summed E-state index contributed by atoms with van der Waals surface area (Å²) < 4.78 is 32.8. The van der Waals surface area contributed by atoms with Crippen molar-refractivity contribution < 1.29 is 13.0 Å². The SMILES string of the molecule is Nc1nc2n(c(=O)c1NS(=O)(=O)O)CCS2. The predicted octanol–water partition coefficient (Wildman–Crippen LogP) is -0.854. The first-order valence-corrected chi connectivity index (χ1v) is 6.59. The molecule has 88 valence electrons. The summed E-state index contributed by atoms with van der Waals surface area (Å²) in [6.07, 6.45) is 0. The molecule has 1 aromatic heterocycles. The standard InChI is InChI=1S/C6H8N4O4S2/c7-4-3(9-16(12,13)14)5(11)10-1-2-15-6(10)8-4/h9H,1-2,7H2,(H,12,13,14). The number of nitrogens with zero attached hydrogens (tertiary/aromatic N) is 2. The molecule has 2 rings (SSSR count). The number of nitrogens with two attached hydrogens (primary N) is 1. The third-order valence-electron chi connectivity index (χ3n) is 1.94. The van der Waals surface area contributed by atoms with E-state index < -0.39 is 21.6 Å². The van der Waals surface area contributed by atoms with Crippen LogP contribution in [0.5, 0.6) is 0 Å². The number of aromatic nitrogens is 2. The van der Waals surface area contributed by atoms with Crippen LogP contribution in [0, 0.1) is 0 Å². The van der Waals surface area contributed by atoms with Gasteiger partial charge in [-0.1, -0.05) is 11.8 Å². The van der Waals surface area contributed by atoms with Gasteiger partial charge in [-0.15, -0.1) is 0 Å². The number of thioether (sulfide) groups is 1. The van der Waals surface area contributed by atoms with Crippen LogP contribution in [-0.2, 0) is 16.8 Å². The highest BCUT2D eigenvalue weighted by atomic mass is 32.2. The van der Waals surface area contributed by atoms with Gasteiger partial charge in [0.1, 0.15) is 0 Å². The molecule has 2 heterocycles. The Hall–Kier alpha value is -1.26. The topological polar surface area (TPSA) is 127 Å². The molecule has 0 aromatic carbocycles. The second-order valence-electron chi connectivity index (χ2n) is 3.04. The van der Waals surface area contributed by atoms with Crippen LogP contribution in [0.15, 0.2) is 9.95 Å².